The van der Waals surface area contributed by atoms with Crippen LogP contribution in [-0.2, 0) is 9.53 Å². The Kier molecular flexibility index (Phi) is 5.77. The third kappa shape index (κ3) is 4.49. The van der Waals surface area contributed by atoms with Gasteiger partial charge in [-0.05, 0) is 18.8 Å². The van der Waals surface area contributed by atoms with E-state index >= 15 is 0 Å². The number of ether oxygens (including phenoxy) is 1. The van der Waals surface area contributed by atoms with Crippen molar-refractivity contribution >= 4 is 5.91 Å². The summed E-state index contributed by atoms with van der Waals surface area (Å²) in [6.07, 6.45) is 5.29. The molecule has 1 fully saturated rings. The van der Waals surface area contributed by atoms with Crippen molar-refractivity contribution in [1.82, 2.24) is 5.32 Å². The standard InChI is InChI=1S/C12H24N2O2/c1-9(2)11(13)12(15)14-7-8-16-10-5-3-4-6-10/h9-11H,3-8,13H2,1-2H3,(H,14,15)/t11-/m1/s1. The van der Waals surface area contributed by atoms with Gasteiger partial charge in [-0.25, -0.2) is 0 Å². The number of hydrogen-bond donors (Lipinski definition) is 2. The highest BCUT2D eigenvalue weighted by molar-refractivity contribution is 5.81. The van der Waals surface area contributed by atoms with Gasteiger partial charge in [-0.2, -0.15) is 0 Å². The van der Waals surface area contributed by atoms with E-state index in [1.165, 1.54) is 25.7 Å². The lowest BCUT2D eigenvalue weighted by molar-refractivity contribution is -0.123. The predicted octanol–water partition coefficient (Wildman–Crippen LogP) is 1.05. The quantitative estimate of drug-likeness (QED) is 0.668. The van der Waals surface area contributed by atoms with Crippen LogP contribution < -0.4 is 11.1 Å². The largest absolute Gasteiger partial charge is 0.376 e. The molecule has 0 aromatic carbocycles. The van der Waals surface area contributed by atoms with Crippen LogP contribution in [0.5, 0.6) is 0 Å². The van der Waals surface area contributed by atoms with Crippen molar-refractivity contribution in [3.63, 3.8) is 0 Å². The summed E-state index contributed by atoms with van der Waals surface area (Å²) in [5.41, 5.74) is 5.71. The topological polar surface area (TPSA) is 64.4 Å². The van der Waals surface area contributed by atoms with Gasteiger partial charge < -0.3 is 15.8 Å². The fourth-order valence-corrected chi connectivity index (χ4v) is 1.88. The van der Waals surface area contributed by atoms with Crippen LogP contribution in [0, 0.1) is 5.92 Å². The summed E-state index contributed by atoms with van der Waals surface area (Å²) >= 11 is 0. The third-order valence-electron chi connectivity index (χ3n) is 3.08. The van der Waals surface area contributed by atoms with E-state index in [1.807, 2.05) is 13.8 Å². The number of amides is 1. The predicted molar refractivity (Wildman–Crippen MR) is 64.0 cm³/mol. The van der Waals surface area contributed by atoms with E-state index in [0.29, 0.717) is 19.3 Å². The SMILES string of the molecule is CC(C)[C@@H](N)C(=O)NCCOC1CCCC1. The summed E-state index contributed by atoms with van der Waals surface area (Å²) in [7, 11) is 0. The number of nitrogens with two attached hydrogens (primary N) is 1. The maximum absolute atomic E-state index is 11.5. The molecule has 1 atom stereocenters. The van der Waals surface area contributed by atoms with Crippen molar-refractivity contribution in [1.29, 1.82) is 0 Å². The molecule has 4 heteroatoms. The summed E-state index contributed by atoms with van der Waals surface area (Å²) in [4.78, 5) is 11.5. The molecule has 94 valence electrons. The molecule has 0 saturated heterocycles. The maximum atomic E-state index is 11.5. The van der Waals surface area contributed by atoms with E-state index < -0.39 is 6.04 Å². The lowest BCUT2D eigenvalue weighted by atomic mass is 10.1. The Hall–Kier alpha value is -0.610. The average Bonchev–Trinajstić information content (AvgIpc) is 2.75. The first kappa shape index (κ1) is 13.5. The molecule has 1 aliphatic rings. The molecule has 1 saturated carbocycles. The first-order valence-electron chi connectivity index (χ1n) is 6.26. The first-order chi connectivity index (χ1) is 7.61. The Bertz CT molecular complexity index is 213. The Morgan fingerprint density at radius 3 is 2.62 bits per heavy atom. The molecule has 0 heterocycles. The Labute approximate surface area is 97.9 Å². The summed E-state index contributed by atoms with van der Waals surface area (Å²) in [6.45, 7) is 5.05. The molecular weight excluding hydrogens is 204 g/mol. The van der Waals surface area contributed by atoms with Crippen molar-refractivity contribution in [2.24, 2.45) is 11.7 Å². The molecule has 1 amide bonds. The Morgan fingerprint density at radius 2 is 2.06 bits per heavy atom. The molecule has 3 N–H and O–H groups in total. The minimum atomic E-state index is -0.411. The normalized spacial score (nSPS) is 19.0. The summed E-state index contributed by atoms with van der Waals surface area (Å²) < 4.78 is 5.64. The lowest BCUT2D eigenvalue weighted by Crippen LogP contribution is -2.45. The van der Waals surface area contributed by atoms with Crippen LogP contribution >= 0.6 is 0 Å². The van der Waals surface area contributed by atoms with Gasteiger partial charge in [-0.3, -0.25) is 4.79 Å². The van der Waals surface area contributed by atoms with E-state index in [0.717, 1.165) is 0 Å². The maximum Gasteiger partial charge on any atom is 0.237 e. The van der Waals surface area contributed by atoms with E-state index in [1.54, 1.807) is 0 Å². The van der Waals surface area contributed by atoms with E-state index in [-0.39, 0.29) is 11.8 Å². The van der Waals surface area contributed by atoms with Crippen molar-refractivity contribution in [3.05, 3.63) is 0 Å². The van der Waals surface area contributed by atoms with Gasteiger partial charge in [0, 0.05) is 6.54 Å². The van der Waals surface area contributed by atoms with Gasteiger partial charge in [0.25, 0.3) is 0 Å². The van der Waals surface area contributed by atoms with Gasteiger partial charge in [-0.1, -0.05) is 26.7 Å². The minimum absolute atomic E-state index is 0.0787. The van der Waals surface area contributed by atoms with Gasteiger partial charge in [0.2, 0.25) is 5.91 Å². The van der Waals surface area contributed by atoms with Crippen LogP contribution in [0.4, 0.5) is 0 Å². The van der Waals surface area contributed by atoms with Gasteiger partial charge in [0.05, 0.1) is 18.8 Å². The van der Waals surface area contributed by atoms with Crippen LogP contribution in [0.2, 0.25) is 0 Å². The number of rotatable bonds is 6. The fraction of sp³-hybridized carbons (Fsp3) is 0.917. The second-order valence-electron chi connectivity index (χ2n) is 4.84. The molecule has 1 rings (SSSR count). The zero-order chi connectivity index (χ0) is 12.0. The minimum Gasteiger partial charge on any atom is -0.376 e. The van der Waals surface area contributed by atoms with Crippen LogP contribution in [-0.4, -0.2) is 31.2 Å². The number of hydrogen-bond acceptors (Lipinski definition) is 3. The molecule has 4 nitrogen and oxygen atoms in total. The number of carbonyl (C=O) groups excluding carboxylic acids is 1. The van der Waals surface area contributed by atoms with Crippen LogP contribution in [0.3, 0.4) is 0 Å². The average molecular weight is 228 g/mol. The third-order valence-corrected chi connectivity index (χ3v) is 3.08. The molecule has 0 bridgehead atoms. The monoisotopic (exact) mass is 228 g/mol. The van der Waals surface area contributed by atoms with Gasteiger partial charge in [0.1, 0.15) is 0 Å². The van der Waals surface area contributed by atoms with Gasteiger partial charge in [0.15, 0.2) is 0 Å². The molecule has 1 aliphatic carbocycles. The van der Waals surface area contributed by atoms with Crippen LogP contribution in [0.15, 0.2) is 0 Å². The zero-order valence-corrected chi connectivity index (χ0v) is 10.4. The molecule has 0 aliphatic heterocycles. The van der Waals surface area contributed by atoms with Crippen LogP contribution in [0.25, 0.3) is 0 Å². The Morgan fingerprint density at radius 1 is 1.44 bits per heavy atom. The smallest absolute Gasteiger partial charge is 0.237 e. The van der Waals surface area contributed by atoms with E-state index in [2.05, 4.69) is 5.32 Å². The zero-order valence-electron chi connectivity index (χ0n) is 10.4. The molecule has 0 aromatic heterocycles. The van der Waals surface area contributed by atoms with Gasteiger partial charge in [-0.15, -0.1) is 0 Å². The number of nitrogens with one attached hydrogen (secondary N) is 1. The highest BCUT2D eigenvalue weighted by atomic mass is 16.5. The molecular formula is C12H24N2O2. The van der Waals surface area contributed by atoms with Crippen molar-refractivity contribution in [3.8, 4) is 0 Å². The Balaban J connectivity index is 2.03. The fourth-order valence-electron chi connectivity index (χ4n) is 1.88. The summed E-state index contributed by atoms with van der Waals surface area (Å²) in [6, 6.07) is -0.411. The van der Waals surface area contributed by atoms with Crippen molar-refractivity contribution < 1.29 is 9.53 Å². The highest BCUT2D eigenvalue weighted by Gasteiger charge is 2.17. The van der Waals surface area contributed by atoms with Gasteiger partial charge >= 0.3 is 0 Å². The molecule has 16 heavy (non-hydrogen) atoms. The van der Waals surface area contributed by atoms with Crippen molar-refractivity contribution in [2.45, 2.75) is 51.7 Å². The van der Waals surface area contributed by atoms with E-state index in [4.69, 9.17) is 10.5 Å². The molecule has 0 aromatic rings. The number of carbonyl (C=O) groups is 1. The van der Waals surface area contributed by atoms with E-state index in [9.17, 15) is 4.79 Å². The second kappa shape index (κ2) is 6.86. The second-order valence-corrected chi connectivity index (χ2v) is 4.84. The van der Waals surface area contributed by atoms with Crippen LogP contribution in [0.1, 0.15) is 39.5 Å². The first-order valence-corrected chi connectivity index (χ1v) is 6.26. The lowest BCUT2D eigenvalue weighted by Gasteiger charge is -2.16. The molecule has 0 unspecified atom stereocenters. The van der Waals surface area contributed by atoms with Crippen molar-refractivity contribution in [2.75, 3.05) is 13.2 Å². The summed E-state index contributed by atoms with van der Waals surface area (Å²) in [5, 5.41) is 2.80. The molecule has 0 spiro atoms. The highest BCUT2D eigenvalue weighted by Crippen LogP contribution is 2.20. The summed E-state index contributed by atoms with van der Waals surface area (Å²) in [5.74, 6) is 0.0979. The molecule has 0 radical (unpaired) electrons.